The van der Waals surface area contributed by atoms with Crippen molar-refractivity contribution in [2.45, 2.75) is 6.61 Å². The van der Waals surface area contributed by atoms with E-state index in [2.05, 4.69) is 0 Å². The van der Waals surface area contributed by atoms with Crippen molar-refractivity contribution in [1.29, 1.82) is 0 Å². The smallest absolute Gasteiger partial charge is 0.231 e. The van der Waals surface area contributed by atoms with Crippen LogP contribution in [0.1, 0.15) is 5.56 Å². The van der Waals surface area contributed by atoms with E-state index in [1.54, 1.807) is 18.2 Å². The zero-order valence-electron chi connectivity index (χ0n) is 8.48. The number of benzene rings is 1. The summed E-state index contributed by atoms with van der Waals surface area (Å²) in [6.45, 7) is 0.429. The minimum atomic E-state index is -0.115. The first-order valence-corrected chi connectivity index (χ1v) is 5.20. The average molecular weight is 243 g/mol. The van der Waals surface area contributed by atoms with E-state index in [4.69, 9.17) is 25.8 Å². The molecule has 1 aliphatic heterocycles. The van der Waals surface area contributed by atoms with Crippen molar-refractivity contribution in [2.75, 3.05) is 13.4 Å². The standard InChI is InChI=1S/C11H11ClO4/c12-2-1-3-14-9-5-11-10(15-7-16-11)4-8(9)6-13/h1-2,4-5,13H,3,6-7H2. The van der Waals surface area contributed by atoms with Crippen LogP contribution in [-0.4, -0.2) is 18.5 Å². The third-order valence-corrected chi connectivity index (χ3v) is 2.33. The van der Waals surface area contributed by atoms with Crippen molar-refractivity contribution in [3.8, 4) is 17.2 Å². The maximum Gasteiger partial charge on any atom is 0.231 e. The summed E-state index contributed by atoms with van der Waals surface area (Å²) >= 11 is 5.38. The molecule has 0 spiro atoms. The van der Waals surface area contributed by atoms with Crippen molar-refractivity contribution >= 4 is 11.6 Å². The summed E-state index contributed by atoms with van der Waals surface area (Å²) in [4.78, 5) is 0. The maximum absolute atomic E-state index is 9.19. The quantitative estimate of drug-likeness (QED) is 0.878. The first kappa shape index (κ1) is 11.1. The number of ether oxygens (including phenoxy) is 3. The van der Waals surface area contributed by atoms with E-state index in [-0.39, 0.29) is 13.4 Å². The first-order chi connectivity index (χ1) is 7.85. The normalized spacial score (nSPS) is 13.4. The Kier molecular flexibility index (Phi) is 3.54. The Morgan fingerprint density at radius 3 is 2.81 bits per heavy atom. The topological polar surface area (TPSA) is 47.9 Å². The molecule has 1 aromatic rings. The molecule has 0 bridgehead atoms. The second-order valence-corrected chi connectivity index (χ2v) is 3.40. The number of aliphatic hydroxyl groups is 1. The predicted octanol–water partition coefficient (Wildman–Crippen LogP) is 2.04. The molecule has 5 heteroatoms. The molecule has 1 aliphatic rings. The third kappa shape index (κ3) is 2.23. The highest BCUT2D eigenvalue weighted by Gasteiger charge is 2.17. The number of rotatable bonds is 4. The zero-order chi connectivity index (χ0) is 11.4. The lowest BCUT2D eigenvalue weighted by Crippen LogP contribution is -1.97. The molecule has 86 valence electrons. The fourth-order valence-corrected chi connectivity index (χ4v) is 1.47. The Morgan fingerprint density at radius 2 is 2.12 bits per heavy atom. The van der Waals surface area contributed by atoms with E-state index in [0.717, 1.165) is 0 Å². The van der Waals surface area contributed by atoms with Gasteiger partial charge in [0.2, 0.25) is 6.79 Å². The van der Waals surface area contributed by atoms with Gasteiger partial charge in [0.1, 0.15) is 12.4 Å². The molecule has 0 unspecified atom stereocenters. The van der Waals surface area contributed by atoms with Gasteiger partial charge in [-0.15, -0.1) is 0 Å². The monoisotopic (exact) mass is 242 g/mol. The third-order valence-electron chi connectivity index (χ3n) is 2.15. The van der Waals surface area contributed by atoms with Crippen LogP contribution in [0, 0.1) is 0 Å². The van der Waals surface area contributed by atoms with E-state index in [1.165, 1.54) is 5.54 Å². The number of aliphatic hydroxyl groups excluding tert-OH is 1. The SMILES string of the molecule is OCc1cc2c(cc1OCC=CCl)OCO2. The molecule has 1 N–H and O–H groups in total. The summed E-state index contributed by atoms with van der Waals surface area (Å²) < 4.78 is 15.8. The van der Waals surface area contributed by atoms with Crippen molar-refractivity contribution in [2.24, 2.45) is 0 Å². The van der Waals surface area contributed by atoms with E-state index < -0.39 is 0 Å². The molecule has 16 heavy (non-hydrogen) atoms. The zero-order valence-corrected chi connectivity index (χ0v) is 9.24. The van der Waals surface area contributed by atoms with Crippen LogP contribution in [0.2, 0.25) is 0 Å². The fourth-order valence-electron chi connectivity index (χ4n) is 1.40. The van der Waals surface area contributed by atoms with Crippen molar-refractivity contribution in [3.63, 3.8) is 0 Å². The second kappa shape index (κ2) is 5.09. The van der Waals surface area contributed by atoms with Crippen LogP contribution in [0.5, 0.6) is 17.2 Å². The molecule has 1 heterocycles. The van der Waals surface area contributed by atoms with Gasteiger partial charge in [-0.3, -0.25) is 0 Å². The number of halogens is 1. The minimum absolute atomic E-state index is 0.115. The van der Waals surface area contributed by atoms with Crippen LogP contribution in [-0.2, 0) is 6.61 Å². The molecule has 0 fully saturated rings. The van der Waals surface area contributed by atoms with Crippen LogP contribution in [0.25, 0.3) is 0 Å². The van der Waals surface area contributed by atoms with Crippen molar-refractivity contribution in [3.05, 3.63) is 29.3 Å². The summed E-state index contributed by atoms with van der Waals surface area (Å²) in [7, 11) is 0. The molecule has 0 radical (unpaired) electrons. The molecule has 4 nitrogen and oxygen atoms in total. The van der Waals surface area contributed by atoms with Crippen LogP contribution < -0.4 is 14.2 Å². The highest BCUT2D eigenvalue weighted by atomic mass is 35.5. The molecule has 0 atom stereocenters. The van der Waals surface area contributed by atoms with Crippen molar-refractivity contribution < 1.29 is 19.3 Å². The van der Waals surface area contributed by atoms with Gasteiger partial charge >= 0.3 is 0 Å². The van der Waals surface area contributed by atoms with E-state index >= 15 is 0 Å². The molecular weight excluding hydrogens is 232 g/mol. The average Bonchev–Trinajstić information content (AvgIpc) is 2.75. The Bertz CT molecular complexity index is 403. The van der Waals surface area contributed by atoms with Crippen LogP contribution in [0.15, 0.2) is 23.7 Å². The summed E-state index contributed by atoms with van der Waals surface area (Å²) in [6, 6.07) is 3.41. The van der Waals surface area contributed by atoms with Gasteiger partial charge in [-0.05, 0) is 12.1 Å². The van der Waals surface area contributed by atoms with Gasteiger partial charge in [0.05, 0.1) is 6.61 Å². The highest BCUT2D eigenvalue weighted by Crippen LogP contribution is 2.38. The predicted molar refractivity (Wildman–Crippen MR) is 59.0 cm³/mol. The van der Waals surface area contributed by atoms with Crippen molar-refractivity contribution in [1.82, 2.24) is 0 Å². The van der Waals surface area contributed by atoms with Gasteiger partial charge in [-0.25, -0.2) is 0 Å². The largest absolute Gasteiger partial charge is 0.489 e. The minimum Gasteiger partial charge on any atom is -0.489 e. The Balaban J connectivity index is 2.21. The highest BCUT2D eigenvalue weighted by molar-refractivity contribution is 6.25. The summed E-state index contributed by atoms with van der Waals surface area (Å²) in [5.41, 5.74) is 2.04. The van der Waals surface area contributed by atoms with Gasteiger partial charge < -0.3 is 19.3 Å². The Hall–Kier alpha value is -1.39. The summed E-state index contributed by atoms with van der Waals surface area (Å²) in [5.74, 6) is 1.83. The van der Waals surface area contributed by atoms with Gasteiger partial charge in [-0.1, -0.05) is 11.6 Å². The maximum atomic E-state index is 9.19. The summed E-state index contributed by atoms with van der Waals surface area (Å²) in [6.07, 6.45) is 1.66. The molecule has 2 rings (SSSR count). The van der Waals surface area contributed by atoms with Crippen LogP contribution in [0.3, 0.4) is 0 Å². The molecule has 0 aliphatic carbocycles. The Labute approximate surface area is 98.0 Å². The van der Waals surface area contributed by atoms with Gasteiger partial charge in [0, 0.05) is 17.2 Å². The van der Waals surface area contributed by atoms with Gasteiger partial charge in [-0.2, -0.15) is 0 Å². The fraction of sp³-hybridized carbons (Fsp3) is 0.273. The van der Waals surface area contributed by atoms with Gasteiger partial charge in [0.25, 0.3) is 0 Å². The van der Waals surface area contributed by atoms with E-state index in [9.17, 15) is 5.11 Å². The number of fused-ring (bicyclic) bond motifs is 1. The number of hydrogen-bond donors (Lipinski definition) is 1. The second-order valence-electron chi connectivity index (χ2n) is 3.14. The Morgan fingerprint density at radius 1 is 1.38 bits per heavy atom. The lowest BCUT2D eigenvalue weighted by Gasteiger charge is -2.09. The number of hydrogen-bond acceptors (Lipinski definition) is 4. The molecule has 0 aromatic heterocycles. The van der Waals surface area contributed by atoms with E-state index in [0.29, 0.717) is 29.4 Å². The first-order valence-electron chi connectivity index (χ1n) is 4.76. The molecule has 0 saturated carbocycles. The molecule has 0 amide bonds. The lowest BCUT2D eigenvalue weighted by molar-refractivity contribution is 0.173. The van der Waals surface area contributed by atoms with Crippen LogP contribution in [0.4, 0.5) is 0 Å². The molecular formula is C11H11ClO4. The van der Waals surface area contributed by atoms with E-state index in [1.807, 2.05) is 0 Å². The molecule has 1 aromatic carbocycles. The lowest BCUT2D eigenvalue weighted by atomic mass is 10.2. The van der Waals surface area contributed by atoms with Gasteiger partial charge in [0.15, 0.2) is 11.5 Å². The van der Waals surface area contributed by atoms with Crippen LogP contribution >= 0.6 is 11.6 Å². The summed E-state index contributed by atoms with van der Waals surface area (Å²) in [5, 5.41) is 9.19. The molecule has 0 saturated heterocycles.